The van der Waals surface area contributed by atoms with Crippen LogP contribution in [0.3, 0.4) is 0 Å². The first-order valence-corrected chi connectivity index (χ1v) is 8.21. The van der Waals surface area contributed by atoms with E-state index in [0.717, 1.165) is 29.4 Å². The lowest BCUT2D eigenvalue weighted by atomic mass is 9.99. The van der Waals surface area contributed by atoms with Gasteiger partial charge in [-0.15, -0.1) is 0 Å². The van der Waals surface area contributed by atoms with Gasteiger partial charge in [-0.25, -0.2) is 0 Å². The average molecular weight is 299 g/mol. The summed E-state index contributed by atoms with van der Waals surface area (Å²) in [5.74, 6) is -0.0112. The van der Waals surface area contributed by atoms with Crippen LogP contribution in [-0.2, 0) is 4.79 Å². The molecular weight excluding hydrogens is 274 g/mol. The molecule has 118 valence electrons. The van der Waals surface area contributed by atoms with E-state index in [1.54, 1.807) is 0 Å². The number of aromatic nitrogens is 1. The Kier molecular flexibility index (Phi) is 4.48. The van der Waals surface area contributed by atoms with Gasteiger partial charge in [0.05, 0.1) is 5.92 Å². The Labute approximate surface area is 131 Å². The van der Waals surface area contributed by atoms with Crippen LogP contribution in [0.1, 0.15) is 37.7 Å². The number of fused-ring (bicyclic) bond motifs is 1. The van der Waals surface area contributed by atoms with Gasteiger partial charge < -0.3 is 15.2 Å². The van der Waals surface area contributed by atoms with Crippen molar-refractivity contribution < 1.29 is 4.79 Å². The van der Waals surface area contributed by atoms with Crippen molar-refractivity contribution in [2.24, 2.45) is 0 Å². The van der Waals surface area contributed by atoms with Gasteiger partial charge in [0.15, 0.2) is 0 Å². The Hall–Kier alpha value is -1.81. The highest BCUT2D eigenvalue weighted by Gasteiger charge is 2.22. The minimum Gasteiger partial charge on any atom is -0.361 e. The Balaban J connectivity index is 1.57. The zero-order valence-corrected chi connectivity index (χ0v) is 13.4. The van der Waals surface area contributed by atoms with Crippen LogP contribution in [0.15, 0.2) is 30.5 Å². The van der Waals surface area contributed by atoms with Crippen LogP contribution < -0.4 is 5.32 Å². The molecule has 22 heavy (non-hydrogen) atoms. The predicted molar refractivity (Wildman–Crippen MR) is 90.0 cm³/mol. The van der Waals surface area contributed by atoms with Crippen molar-refractivity contribution in [1.29, 1.82) is 0 Å². The standard InChI is InChI=1S/C18H25N3O/c1-13(16-12-20-17-8-4-3-7-15(16)17)18(22)19-10-9-14-6-5-11-21(14)2/h3-4,7-8,12-14,20H,5-6,9-11H2,1-2H3,(H,19,22). The van der Waals surface area contributed by atoms with E-state index in [1.807, 2.05) is 31.3 Å². The molecule has 1 saturated heterocycles. The normalized spacial score (nSPS) is 20.4. The molecule has 1 aliphatic heterocycles. The lowest BCUT2D eigenvalue weighted by molar-refractivity contribution is -0.122. The van der Waals surface area contributed by atoms with Crippen LogP contribution in [0.2, 0.25) is 0 Å². The molecular formula is C18H25N3O. The quantitative estimate of drug-likeness (QED) is 0.892. The van der Waals surface area contributed by atoms with Crippen molar-refractivity contribution in [3.8, 4) is 0 Å². The molecule has 1 aliphatic rings. The first kappa shape index (κ1) is 15.1. The van der Waals surface area contributed by atoms with Gasteiger partial charge in [0.25, 0.3) is 0 Å². The molecule has 1 aromatic carbocycles. The predicted octanol–water partition coefficient (Wildman–Crippen LogP) is 2.87. The van der Waals surface area contributed by atoms with E-state index in [2.05, 4.69) is 28.3 Å². The summed E-state index contributed by atoms with van der Waals surface area (Å²) in [7, 11) is 2.17. The van der Waals surface area contributed by atoms with Crippen molar-refractivity contribution in [1.82, 2.24) is 15.2 Å². The summed E-state index contributed by atoms with van der Waals surface area (Å²) in [5, 5.41) is 4.24. The summed E-state index contributed by atoms with van der Waals surface area (Å²) in [6.45, 7) is 3.93. The molecule has 3 rings (SSSR count). The number of hydrogen-bond donors (Lipinski definition) is 2. The van der Waals surface area contributed by atoms with Gasteiger partial charge in [-0.05, 0) is 51.4 Å². The number of hydrogen-bond acceptors (Lipinski definition) is 2. The molecule has 0 spiro atoms. The number of H-pyrrole nitrogens is 1. The van der Waals surface area contributed by atoms with Crippen molar-refractivity contribution in [3.05, 3.63) is 36.0 Å². The van der Waals surface area contributed by atoms with Crippen LogP contribution >= 0.6 is 0 Å². The third kappa shape index (κ3) is 3.02. The molecule has 0 aliphatic carbocycles. The Morgan fingerprint density at radius 2 is 2.27 bits per heavy atom. The van der Waals surface area contributed by atoms with E-state index in [9.17, 15) is 4.79 Å². The van der Waals surface area contributed by atoms with E-state index in [4.69, 9.17) is 0 Å². The molecule has 0 bridgehead atoms. The van der Waals surface area contributed by atoms with Crippen LogP contribution in [0.25, 0.3) is 10.9 Å². The summed E-state index contributed by atoms with van der Waals surface area (Å²) >= 11 is 0. The van der Waals surface area contributed by atoms with E-state index in [-0.39, 0.29) is 11.8 Å². The number of benzene rings is 1. The number of nitrogens with one attached hydrogen (secondary N) is 2. The van der Waals surface area contributed by atoms with Gasteiger partial charge in [0, 0.05) is 29.7 Å². The zero-order valence-electron chi connectivity index (χ0n) is 13.4. The minimum atomic E-state index is -0.127. The lowest BCUT2D eigenvalue weighted by Crippen LogP contribution is -2.33. The van der Waals surface area contributed by atoms with Gasteiger partial charge in [-0.1, -0.05) is 18.2 Å². The SMILES string of the molecule is CC(C(=O)NCCC1CCCN1C)c1c[nH]c2ccccc12. The number of amides is 1. The second kappa shape index (κ2) is 6.53. The van der Waals surface area contributed by atoms with Crippen LogP contribution in [0, 0.1) is 0 Å². The van der Waals surface area contributed by atoms with E-state index in [1.165, 1.54) is 19.4 Å². The molecule has 4 nitrogen and oxygen atoms in total. The van der Waals surface area contributed by atoms with Crippen molar-refractivity contribution in [2.75, 3.05) is 20.1 Å². The molecule has 1 aromatic heterocycles. The molecule has 0 radical (unpaired) electrons. The van der Waals surface area contributed by atoms with Gasteiger partial charge in [-0.3, -0.25) is 4.79 Å². The molecule has 1 amide bonds. The largest absolute Gasteiger partial charge is 0.361 e. The topological polar surface area (TPSA) is 48.1 Å². The van der Waals surface area contributed by atoms with E-state index < -0.39 is 0 Å². The highest BCUT2D eigenvalue weighted by atomic mass is 16.1. The molecule has 1 fully saturated rings. The minimum absolute atomic E-state index is 0.116. The van der Waals surface area contributed by atoms with Crippen LogP contribution in [0.5, 0.6) is 0 Å². The molecule has 2 unspecified atom stereocenters. The third-order valence-corrected chi connectivity index (χ3v) is 4.93. The molecule has 0 saturated carbocycles. The summed E-state index contributed by atoms with van der Waals surface area (Å²) in [6, 6.07) is 8.76. The molecule has 2 aromatic rings. The average Bonchev–Trinajstić information content (AvgIpc) is 3.13. The first-order chi connectivity index (χ1) is 10.7. The smallest absolute Gasteiger partial charge is 0.227 e. The third-order valence-electron chi connectivity index (χ3n) is 4.93. The number of rotatable bonds is 5. The van der Waals surface area contributed by atoms with Gasteiger partial charge in [0.2, 0.25) is 5.91 Å². The summed E-state index contributed by atoms with van der Waals surface area (Å²) < 4.78 is 0. The molecule has 2 N–H and O–H groups in total. The van der Waals surface area contributed by atoms with Crippen molar-refractivity contribution >= 4 is 16.8 Å². The maximum atomic E-state index is 12.4. The second-order valence-corrected chi connectivity index (χ2v) is 6.37. The van der Waals surface area contributed by atoms with Gasteiger partial charge >= 0.3 is 0 Å². The molecule has 2 atom stereocenters. The van der Waals surface area contributed by atoms with Crippen LogP contribution in [0.4, 0.5) is 0 Å². The zero-order chi connectivity index (χ0) is 15.5. The number of carbonyl (C=O) groups is 1. The fraction of sp³-hybridized carbons (Fsp3) is 0.500. The Bertz CT molecular complexity index is 649. The number of nitrogens with zero attached hydrogens (tertiary/aromatic N) is 1. The number of para-hydroxylation sites is 1. The number of likely N-dealkylation sites (tertiary alicyclic amines) is 1. The van der Waals surface area contributed by atoms with Crippen molar-refractivity contribution in [3.63, 3.8) is 0 Å². The second-order valence-electron chi connectivity index (χ2n) is 6.37. The number of carbonyl (C=O) groups excluding carboxylic acids is 1. The Morgan fingerprint density at radius 3 is 3.05 bits per heavy atom. The van der Waals surface area contributed by atoms with E-state index >= 15 is 0 Å². The van der Waals surface area contributed by atoms with Crippen molar-refractivity contribution in [2.45, 2.75) is 38.1 Å². The lowest BCUT2D eigenvalue weighted by Gasteiger charge is -2.20. The van der Waals surface area contributed by atoms with Crippen LogP contribution in [-0.4, -0.2) is 42.0 Å². The van der Waals surface area contributed by atoms with E-state index in [0.29, 0.717) is 6.04 Å². The monoisotopic (exact) mass is 299 g/mol. The Morgan fingerprint density at radius 1 is 1.45 bits per heavy atom. The van der Waals surface area contributed by atoms with Gasteiger partial charge in [0.1, 0.15) is 0 Å². The summed E-state index contributed by atoms with van der Waals surface area (Å²) in [4.78, 5) is 18.0. The van der Waals surface area contributed by atoms with Gasteiger partial charge in [-0.2, -0.15) is 0 Å². The summed E-state index contributed by atoms with van der Waals surface area (Å²) in [6.07, 6.45) is 5.54. The highest BCUT2D eigenvalue weighted by Crippen LogP contribution is 2.25. The maximum absolute atomic E-state index is 12.4. The first-order valence-electron chi connectivity index (χ1n) is 8.21. The fourth-order valence-electron chi connectivity index (χ4n) is 3.45. The molecule has 2 heterocycles. The highest BCUT2D eigenvalue weighted by molar-refractivity contribution is 5.91. The number of aromatic amines is 1. The fourth-order valence-corrected chi connectivity index (χ4v) is 3.45. The summed E-state index contributed by atoms with van der Waals surface area (Å²) in [5.41, 5.74) is 2.16. The molecule has 4 heteroatoms. The maximum Gasteiger partial charge on any atom is 0.227 e.